The number of aromatic amines is 1. The topological polar surface area (TPSA) is 92.2 Å². The summed E-state index contributed by atoms with van der Waals surface area (Å²) < 4.78 is 1.14. The number of fused-ring (bicyclic) bond motifs is 2. The highest BCUT2D eigenvalue weighted by molar-refractivity contribution is 5.97. The lowest BCUT2D eigenvalue weighted by Gasteiger charge is -2.08. The van der Waals surface area contributed by atoms with Crippen molar-refractivity contribution in [3.05, 3.63) is 53.5 Å². The van der Waals surface area contributed by atoms with Gasteiger partial charge in [0.1, 0.15) is 0 Å². The first-order valence-electron chi connectivity index (χ1n) is 6.45. The van der Waals surface area contributed by atoms with E-state index in [9.17, 15) is 19.2 Å². The van der Waals surface area contributed by atoms with Gasteiger partial charge in [0.25, 0.3) is 22.2 Å². The lowest BCUT2D eigenvalue weighted by Crippen LogP contribution is -2.30. The van der Waals surface area contributed by atoms with Gasteiger partial charge in [0.15, 0.2) is 0 Å². The Kier molecular flexibility index (Phi) is 2.87. The predicted molar refractivity (Wildman–Crippen MR) is 79.8 cm³/mol. The number of likely N-dealkylation sites (N-methyl/N-ethyl adjacent to an activating group) is 1. The molecule has 7 nitrogen and oxygen atoms in total. The van der Waals surface area contributed by atoms with Crippen LogP contribution in [0.1, 0.15) is 0 Å². The molecule has 1 aromatic carbocycles. The quantitative estimate of drug-likeness (QED) is 0.667. The number of hydrogen-bond acceptors (Lipinski definition) is 5. The Morgan fingerprint density at radius 2 is 1.38 bits per heavy atom. The van der Waals surface area contributed by atoms with Gasteiger partial charge in [-0.3, -0.25) is 28.7 Å². The van der Waals surface area contributed by atoms with Crippen LogP contribution >= 0.6 is 0 Å². The third-order valence-electron chi connectivity index (χ3n) is 3.60. The van der Waals surface area contributed by atoms with Crippen molar-refractivity contribution in [2.45, 2.75) is 6.54 Å². The molecule has 0 saturated carbocycles. The van der Waals surface area contributed by atoms with E-state index in [2.05, 4.69) is 4.98 Å². The molecular formula is C14H13N3O4. The van der Waals surface area contributed by atoms with Crippen molar-refractivity contribution in [3.63, 3.8) is 0 Å². The molecule has 0 bridgehead atoms. The van der Waals surface area contributed by atoms with Crippen molar-refractivity contribution in [3.8, 4) is 0 Å². The van der Waals surface area contributed by atoms with Crippen molar-refractivity contribution in [2.24, 2.45) is 0 Å². The van der Waals surface area contributed by atoms with Crippen LogP contribution in [0.4, 0.5) is 0 Å². The molecule has 1 N–H and O–H groups in total. The zero-order valence-electron chi connectivity index (χ0n) is 11.6. The van der Waals surface area contributed by atoms with E-state index in [0.29, 0.717) is 6.54 Å². The molecule has 7 heteroatoms. The predicted octanol–water partition coefficient (Wildman–Crippen LogP) is -0.999. The summed E-state index contributed by atoms with van der Waals surface area (Å²) in [7, 11) is 3.69. The van der Waals surface area contributed by atoms with Crippen LogP contribution in [0.2, 0.25) is 0 Å². The maximum Gasteiger partial charge on any atom is 0.261 e. The van der Waals surface area contributed by atoms with Gasteiger partial charge < -0.3 is 4.90 Å². The minimum atomic E-state index is -0.537. The van der Waals surface area contributed by atoms with E-state index in [1.807, 2.05) is 19.0 Å². The number of nitrogens with zero attached hydrogens (tertiary/aromatic N) is 2. The Morgan fingerprint density at radius 3 is 1.81 bits per heavy atom. The van der Waals surface area contributed by atoms with Crippen molar-refractivity contribution in [2.75, 3.05) is 20.6 Å². The van der Waals surface area contributed by atoms with Crippen molar-refractivity contribution in [1.82, 2.24) is 14.5 Å². The molecule has 0 saturated heterocycles. The van der Waals surface area contributed by atoms with E-state index >= 15 is 0 Å². The van der Waals surface area contributed by atoms with Gasteiger partial charge >= 0.3 is 0 Å². The van der Waals surface area contributed by atoms with E-state index in [-0.39, 0.29) is 28.1 Å². The Morgan fingerprint density at radius 1 is 0.905 bits per heavy atom. The van der Waals surface area contributed by atoms with Crippen LogP contribution in [-0.4, -0.2) is 35.1 Å². The first-order valence-corrected chi connectivity index (χ1v) is 6.45. The molecule has 0 aliphatic rings. The fourth-order valence-electron chi connectivity index (χ4n) is 2.45. The van der Waals surface area contributed by atoms with Crippen LogP contribution in [0.5, 0.6) is 0 Å². The van der Waals surface area contributed by atoms with E-state index in [0.717, 1.165) is 4.57 Å². The largest absolute Gasteiger partial charge is 0.308 e. The average Bonchev–Trinajstić information content (AvgIpc) is 2.83. The van der Waals surface area contributed by atoms with E-state index < -0.39 is 22.2 Å². The van der Waals surface area contributed by atoms with Crippen molar-refractivity contribution < 1.29 is 0 Å². The molecule has 108 valence electrons. The molecular weight excluding hydrogens is 274 g/mol. The first-order chi connectivity index (χ1) is 9.90. The molecule has 0 atom stereocenters. The zero-order chi connectivity index (χ0) is 15.3. The lowest BCUT2D eigenvalue weighted by atomic mass is 10.1. The number of rotatable bonds is 3. The number of H-pyrrole nitrogens is 1. The Labute approximate surface area is 117 Å². The third-order valence-corrected chi connectivity index (χ3v) is 3.60. The summed E-state index contributed by atoms with van der Waals surface area (Å²) in [5, 5.41) is 0.661. The fourth-order valence-corrected chi connectivity index (χ4v) is 2.45. The molecule has 0 unspecified atom stereocenters. The van der Waals surface area contributed by atoms with Crippen LogP contribution in [0.25, 0.3) is 21.5 Å². The van der Waals surface area contributed by atoms with E-state index in [1.165, 1.54) is 12.1 Å². The van der Waals surface area contributed by atoms with Crippen LogP contribution in [0.15, 0.2) is 31.3 Å². The summed E-state index contributed by atoms with van der Waals surface area (Å²) in [6.07, 6.45) is 0. The van der Waals surface area contributed by atoms with E-state index in [4.69, 9.17) is 0 Å². The monoisotopic (exact) mass is 287 g/mol. The molecule has 0 aliphatic carbocycles. The normalized spacial score (nSPS) is 12.0. The second-order valence-electron chi connectivity index (χ2n) is 5.29. The molecule has 2 aromatic heterocycles. The standard InChI is InChI=1S/C14H13N3O4/c1-16(2)3-4-17-13(20)9-5-7-8(6-10(9)14(17)21)12(19)15-11(7)18/h5-6H,3-4H2,1-2H3,(H,15,18,19). The maximum absolute atomic E-state index is 12.3. The van der Waals surface area contributed by atoms with Gasteiger partial charge in [0.2, 0.25) is 0 Å². The van der Waals surface area contributed by atoms with Crippen LogP contribution in [0.3, 0.4) is 0 Å². The van der Waals surface area contributed by atoms with Gasteiger partial charge in [-0.25, -0.2) is 0 Å². The minimum Gasteiger partial charge on any atom is -0.308 e. The number of aromatic nitrogens is 2. The molecule has 21 heavy (non-hydrogen) atoms. The number of benzene rings is 1. The third kappa shape index (κ3) is 1.93. The zero-order valence-corrected chi connectivity index (χ0v) is 11.6. The molecule has 0 fully saturated rings. The van der Waals surface area contributed by atoms with Gasteiger partial charge in [-0.2, -0.15) is 0 Å². The van der Waals surface area contributed by atoms with Crippen LogP contribution < -0.4 is 22.2 Å². The lowest BCUT2D eigenvalue weighted by molar-refractivity contribution is 0.380. The molecule has 0 spiro atoms. The SMILES string of the molecule is CN(C)CCn1c(=O)c2cc3c(=O)[nH]c(=O)c3cc2c1=O. The molecule has 3 rings (SSSR count). The highest BCUT2D eigenvalue weighted by atomic mass is 16.2. The van der Waals surface area contributed by atoms with Gasteiger partial charge in [-0.15, -0.1) is 0 Å². The number of hydrogen-bond donors (Lipinski definition) is 1. The second-order valence-corrected chi connectivity index (χ2v) is 5.29. The van der Waals surface area contributed by atoms with Gasteiger partial charge in [-0.05, 0) is 26.2 Å². The molecule has 0 aliphatic heterocycles. The summed E-state index contributed by atoms with van der Waals surface area (Å²) in [5.41, 5.74) is -1.92. The second kappa shape index (κ2) is 4.49. The highest BCUT2D eigenvalue weighted by Gasteiger charge is 2.16. The summed E-state index contributed by atoms with van der Waals surface area (Å²) in [6, 6.07) is 2.67. The van der Waals surface area contributed by atoms with Crippen molar-refractivity contribution in [1.29, 1.82) is 0 Å². The van der Waals surface area contributed by atoms with Gasteiger partial charge in [0.05, 0.1) is 21.5 Å². The molecule has 2 heterocycles. The summed E-state index contributed by atoms with van der Waals surface area (Å²) in [5.74, 6) is 0. The molecule has 0 radical (unpaired) electrons. The van der Waals surface area contributed by atoms with Gasteiger partial charge in [-0.1, -0.05) is 0 Å². The number of nitrogens with one attached hydrogen (secondary N) is 1. The minimum absolute atomic E-state index is 0.148. The molecule has 0 amide bonds. The van der Waals surface area contributed by atoms with Gasteiger partial charge in [0, 0.05) is 13.1 Å². The Balaban J connectivity index is 2.35. The first kappa shape index (κ1) is 13.4. The van der Waals surface area contributed by atoms with E-state index in [1.54, 1.807) is 0 Å². The fraction of sp³-hybridized carbons (Fsp3) is 0.286. The smallest absolute Gasteiger partial charge is 0.261 e. The van der Waals surface area contributed by atoms with Crippen LogP contribution in [-0.2, 0) is 6.54 Å². The summed E-state index contributed by atoms with van der Waals surface area (Å²) >= 11 is 0. The summed E-state index contributed by atoms with van der Waals surface area (Å²) in [4.78, 5) is 51.8. The summed E-state index contributed by atoms with van der Waals surface area (Å²) in [6.45, 7) is 0.814. The average molecular weight is 287 g/mol. The Hall–Kier alpha value is -2.54. The maximum atomic E-state index is 12.3. The Bertz CT molecular complexity index is 972. The van der Waals surface area contributed by atoms with Crippen molar-refractivity contribution >= 4 is 21.5 Å². The van der Waals surface area contributed by atoms with Crippen LogP contribution in [0, 0.1) is 0 Å². The molecule has 3 aromatic rings. The highest BCUT2D eigenvalue weighted by Crippen LogP contribution is 2.13.